The largest absolute Gasteiger partial charge is 0.481 e. The lowest BCUT2D eigenvalue weighted by atomic mass is 9.86. The maximum absolute atomic E-state index is 12.2. The molecule has 1 heterocycles. The van der Waals surface area contributed by atoms with E-state index in [1.165, 1.54) is 0 Å². The SMILES string of the molecule is CC(C)(C)OC(=O)N1CC[C@@H](C(Cc2cccc(C=O)c2)C(=O)O)C1. The van der Waals surface area contributed by atoms with Crippen molar-refractivity contribution in [2.24, 2.45) is 11.8 Å². The summed E-state index contributed by atoms with van der Waals surface area (Å²) in [5.41, 5.74) is 0.771. The molecule has 1 aliphatic rings. The van der Waals surface area contributed by atoms with Gasteiger partial charge in [-0.2, -0.15) is 0 Å². The third kappa shape index (κ3) is 5.31. The zero-order valence-corrected chi connectivity index (χ0v) is 14.9. The molecule has 0 saturated carbocycles. The zero-order valence-electron chi connectivity index (χ0n) is 14.9. The molecule has 2 rings (SSSR count). The summed E-state index contributed by atoms with van der Waals surface area (Å²) in [7, 11) is 0. The van der Waals surface area contributed by atoms with Crippen molar-refractivity contribution in [2.75, 3.05) is 13.1 Å². The van der Waals surface area contributed by atoms with Gasteiger partial charge in [-0.1, -0.05) is 18.2 Å². The van der Waals surface area contributed by atoms with Gasteiger partial charge in [-0.3, -0.25) is 9.59 Å². The molecular formula is C19H25NO5. The minimum atomic E-state index is -0.882. The van der Waals surface area contributed by atoms with Crippen LogP contribution in [0.2, 0.25) is 0 Å². The minimum Gasteiger partial charge on any atom is -0.481 e. The van der Waals surface area contributed by atoms with Gasteiger partial charge >= 0.3 is 12.1 Å². The number of nitrogens with zero attached hydrogens (tertiary/aromatic N) is 1. The third-order valence-corrected chi connectivity index (χ3v) is 4.31. The number of rotatable bonds is 5. The molecule has 0 spiro atoms. The van der Waals surface area contributed by atoms with E-state index in [4.69, 9.17) is 4.74 Å². The molecule has 1 aromatic rings. The van der Waals surface area contributed by atoms with E-state index < -0.39 is 23.6 Å². The van der Waals surface area contributed by atoms with E-state index >= 15 is 0 Å². The van der Waals surface area contributed by atoms with Crippen LogP contribution in [-0.4, -0.2) is 47.0 Å². The Morgan fingerprint density at radius 1 is 1.40 bits per heavy atom. The number of hydrogen-bond acceptors (Lipinski definition) is 4. The minimum absolute atomic E-state index is 0.134. The molecule has 136 valence electrons. The first kappa shape index (κ1) is 19.0. The predicted octanol–water partition coefficient (Wildman–Crippen LogP) is 3.00. The number of benzene rings is 1. The van der Waals surface area contributed by atoms with E-state index in [9.17, 15) is 19.5 Å². The number of hydrogen-bond donors (Lipinski definition) is 1. The maximum Gasteiger partial charge on any atom is 0.410 e. The predicted molar refractivity (Wildman–Crippen MR) is 92.6 cm³/mol. The van der Waals surface area contributed by atoms with Crippen LogP contribution in [0.4, 0.5) is 4.79 Å². The number of carbonyl (C=O) groups excluding carboxylic acids is 2. The lowest BCUT2D eigenvalue weighted by molar-refractivity contribution is -0.143. The molecule has 1 amide bonds. The van der Waals surface area contributed by atoms with E-state index in [1.807, 2.05) is 6.07 Å². The molecule has 0 bridgehead atoms. The van der Waals surface area contributed by atoms with E-state index in [0.717, 1.165) is 11.8 Å². The Kier molecular flexibility index (Phi) is 5.82. The number of carboxylic acids is 1. The van der Waals surface area contributed by atoms with Crippen LogP contribution in [0.15, 0.2) is 24.3 Å². The maximum atomic E-state index is 12.2. The van der Waals surface area contributed by atoms with Crippen LogP contribution in [0.1, 0.15) is 43.1 Å². The quantitative estimate of drug-likeness (QED) is 0.828. The number of carboxylic acid groups (broad SMARTS) is 1. The average molecular weight is 347 g/mol. The van der Waals surface area contributed by atoms with Crippen molar-refractivity contribution in [1.82, 2.24) is 4.90 Å². The van der Waals surface area contributed by atoms with Gasteiger partial charge in [0.15, 0.2) is 0 Å². The second-order valence-electron chi connectivity index (χ2n) is 7.49. The number of ether oxygens (including phenoxy) is 1. The van der Waals surface area contributed by atoms with Crippen LogP contribution >= 0.6 is 0 Å². The molecule has 1 unspecified atom stereocenters. The van der Waals surface area contributed by atoms with Gasteiger partial charge in [-0.05, 0) is 51.2 Å². The molecule has 0 aliphatic carbocycles. The summed E-state index contributed by atoms with van der Waals surface area (Å²) in [5, 5.41) is 9.63. The van der Waals surface area contributed by atoms with Gasteiger partial charge in [0.1, 0.15) is 11.9 Å². The number of carbonyl (C=O) groups is 3. The zero-order chi connectivity index (χ0) is 18.6. The standard InChI is InChI=1S/C19H25NO5/c1-19(2,3)25-18(24)20-8-7-15(11-20)16(17(22)23)10-13-5-4-6-14(9-13)12-21/h4-6,9,12,15-16H,7-8,10-11H2,1-3H3,(H,22,23)/t15-,16?/m1/s1. The van der Waals surface area contributed by atoms with Gasteiger partial charge in [0.25, 0.3) is 0 Å². The molecule has 1 N–H and O–H groups in total. The molecule has 1 aliphatic heterocycles. The van der Waals surface area contributed by atoms with Gasteiger partial charge < -0.3 is 14.7 Å². The number of aliphatic carboxylic acids is 1. The van der Waals surface area contributed by atoms with Crippen molar-refractivity contribution in [3.63, 3.8) is 0 Å². The highest BCUT2D eigenvalue weighted by molar-refractivity contribution is 5.75. The smallest absolute Gasteiger partial charge is 0.410 e. The topological polar surface area (TPSA) is 83.9 Å². The number of aldehydes is 1. The summed E-state index contributed by atoms with van der Waals surface area (Å²) in [6.07, 6.45) is 1.31. The number of likely N-dealkylation sites (tertiary alicyclic amines) is 1. The summed E-state index contributed by atoms with van der Waals surface area (Å²) >= 11 is 0. The Balaban J connectivity index is 2.05. The summed E-state index contributed by atoms with van der Waals surface area (Å²) in [5.74, 6) is -1.62. The van der Waals surface area contributed by atoms with Crippen molar-refractivity contribution < 1.29 is 24.2 Å². The summed E-state index contributed by atoms with van der Waals surface area (Å²) in [6.45, 7) is 6.28. The van der Waals surface area contributed by atoms with Crippen LogP contribution in [0.3, 0.4) is 0 Å². The van der Waals surface area contributed by atoms with Gasteiger partial charge in [-0.25, -0.2) is 4.79 Å². The molecule has 1 aromatic carbocycles. The molecule has 6 nitrogen and oxygen atoms in total. The van der Waals surface area contributed by atoms with Crippen LogP contribution in [0.25, 0.3) is 0 Å². The molecule has 0 radical (unpaired) electrons. The van der Waals surface area contributed by atoms with Crippen LogP contribution < -0.4 is 0 Å². The normalized spacial score (nSPS) is 18.7. The summed E-state index contributed by atoms with van der Waals surface area (Å²) in [4.78, 5) is 36.4. The van der Waals surface area contributed by atoms with Crippen molar-refractivity contribution >= 4 is 18.3 Å². The first-order valence-corrected chi connectivity index (χ1v) is 8.44. The highest BCUT2D eigenvalue weighted by Gasteiger charge is 2.37. The molecule has 2 atom stereocenters. The van der Waals surface area contributed by atoms with Crippen molar-refractivity contribution in [3.05, 3.63) is 35.4 Å². The Bertz CT molecular complexity index is 649. The lowest BCUT2D eigenvalue weighted by Crippen LogP contribution is -2.36. The van der Waals surface area contributed by atoms with E-state index in [2.05, 4.69) is 0 Å². The fraction of sp³-hybridized carbons (Fsp3) is 0.526. The van der Waals surface area contributed by atoms with Crippen LogP contribution in [-0.2, 0) is 16.0 Å². The second kappa shape index (κ2) is 7.68. The summed E-state index contributed by atoms with van der Waals surface area (Å²) < 4.78 is 5.36. The summed E-state index contributed by atoms with van der Waals surface area (Å²) in [6, 6.07) is 6.97. The third-order valence-electron chi connectivity index (χ3n) is 4.31. The van der Waals surface area contributed by atoms with Crippen LogP contribution in [0.5, 0.6) is 0 Å². The van der Waals surface area contributed by atoms with Gasteiger partial charge in [0.05, 0.1) is 5.92 Å². The Morgan fingerprint density at radius 3 is 2.72 bits per heavy atom. The van der Waals surface area contributed by atoms with Crippen molar-refractivity contribution in [1.29, 1.82) is 0 Å². The van der Waals surface area contributed by atoms with Crippen molar-refractivity contribution in [2.45, 2.75) is 39.2 Å². The van der Waals surface area contributed by atoms with E-state index in [-0.39, 0.29) is 5.92 Å². The Labute approximate surface area is 147 Å². The number of amides is 1. The molecule has 1 fully saturated rings. The fourth-order valence-corrected chi connectivity index (χ4v) is 3.11. The molecule has 6 heteroatoms. The van der Waals surface area contributed by atoms with Gasteiger partial charge in [0, 0.05) is 18.7 Å². The molecule has 25 heavy (non-hydrogen) atoms. The van der Waals surface area contributed by atoms with Crippen molar-refractivity contribution in [3.8, 4) is 0 Å². The Morgan fingerprint density at radius 2 is 2.12 bits per heavy atom. The van der Waals surface area contributed by atoms with E-state index in [1.54, 1.807) is 43.9 Å². The molecule has 0 aromatic heterocycles. The first-order valence-electron chi connectivity index (χ1n) is 8.44. The van der Waals surface area contributed by atoms with Gasteiger partial charge in [-0.15, -0.1) is 0 Å². The molecular weight excluding hydrogens is 322 g/mol. The lowest BCUT2D eigenvalue weighted by Gasteiger charge is -2.25. The average Bonchev–Trinajstić information content (AvgIpc) is 3.00. The van der Waals surface area contributed by atoms with Gasteiger partial charge in [0.2, 0.25) is 0 Å². The highest BCUT2D eigenvalue weighted by Crippen LogP contribution is 2.28. The monoisotopic (exact) mass is 347 g/mol. The fourth-order valence-electron chi connectivity index (χ4n) is 3.11. The Hall–Kier alpha value is -2.37. The highest BCUT2D eigenvalue weighted by atomic mass is 16.6. The molecule has 1 saturated heterocycles. The van der Waals surface area contributed by atoms with E-state index in [0.29, 0.717) is 31.5 Å². The second-order valence-corrected chi connectivity index (χ2v) is 7.49. The first-order chi connectivity index (χ1) is 11.7. The van der Waals surface area contributed by atoms with Crippen LogP contribution in [0, 0.1) is 11.8 Å².